The van der Waals surface area contributed by atoms with Crippen molar-refractivity contribution in [3.63, 3.8) is 0 Å². The third kappa shape index (κ3) is 4.69. The number of thiocarbonyl (C=S) groups is 1. The van der Waals surface area contributed by atoms with E-state index in [-0.39, 0.29) is 0 Å². The molecule has 0 atom stereocenters. The van der Waals surface area contributed by atoms with Crippen molar-refractivity contribution in [3.05, 3.63) is 23.8 Å². The zero-order chi connectivity index (χ0) is 14.3. The van der Waals surface area contributed by atoms with Gasteiger partial charge in [-0.3, -0.25) is 0 Å². The molecule has 0 fully saturated rings. The van der Waals surface area contributed by atoms with Gasteiger partial charge in [-0.1, -0.05) is 26.1 Å². The Morgan fingerprint density at radius 2 is 2.00 bits per heavy atom. The minimum absolute atomic E-state index is 0.334. The SMILES string of the molecule is CCN(CC)CCOc1cc(OC)ccc1C(N)=S. The van der Waals surface area contributed by atoms with Crippen molar-refractivity contribution >= 4 is 17.2 Å². The van der Waals surface area contributed by atoms with Crippen LogP contribution in [-0.4, -0.2) is 43.2 Å². The quantitative estimate of drug-likeness (QED) is 0.740. The van der Waals surface area contributed by atoms with Crippen LogP contribution in [0.25, 0.3) is 0 Å². The number of nitrogens with two attached hydrogens (primary N) is 1. The average Bonchev–Trinajstić information content (AvgIpc) is 2.43. The summed E-state index contributed by atoms with van der Waals surface area (Å²) in [6, 6.07) is 5.47. The first-order chi connectivity index (χ1) is 9.12. The number of hydrogen-bond acceptors (Lipinski definition) is 4. The van der Waals surface area contributed by atoms with Crippen LogP contribution in [-0.2, 0) is 0 Å². The Labute approximate surface area is 120 Å². The molecule has 19 heavy (non-hydrogen) atoms. The van der Waals surface area contributed by atoms with Crippen LogP contribution < -0.4 is 15.2 Å². The lowest BCUT2D eigenvalue weighted by Gasteiger charge is -2.19. The zero-order valence-corrected chi connectivity index (χ0v) is 12.6. The Balaban J connectivity index is 2.72. The maximum atomic E-state index is 5.79. The molecule has 106 valence electrons. The molecule has 5 heteroatoms. The van der Waals surface area contributed by atoms with E-state index in [1.165, 1.54) is 0 Å². The molecule has 0 aliphatic heterocycles. The number of ether oxygens (including phenoxy) is 2. The molecule has 0 radical (unpaired) electrons. The summed E-state index contributed by atoms with van der Waals surface area (Å²) >= 11 is 5.02. The number of benzene rings is 1. The summed E-state index contributed by atoms with van der Waals surface area (Å²) in [5.41, 5.74) is 6.44. The van der Waals surface area contributed by atoms with E-state index in [0.29, 0.717) is 17.3 Å². The van der Waals surface area contributed by atoms with Gasteiger partial charge in [0.2, 0.25) is 0 Å². The number of rotatable bonds is 8. The monoisotopic (exact) mass is 282 g/mol. The average molecular weight is 282 g/mol. The fourth-order valence-electron chi connectivity index (χ4n) is 1.78. The molecule has 0 unspecified atom stereocenters. The number of hydrogen-bond donors (Lipinski definition) is 1. The molecular weight excluding hydrogens is 260 g/mol. The van der Waals surface area contributed by atoms with Crippen LogP contribution >= 0.6 is 12.2 Å². The van der Waals surface area contributed by atoms with Gasteiger partial charge in [-0.2, -0.15) is 0 Å². The molecule has 1 aromatic rings. The third-order valence-corrected chi connectivity index (χ3v) is 3.23. The predicted molar refractivity (Wildman–Crippen MR) is 82.2 cm³/mol. The Morgan fingerprint density at radius 3 is 2.53 bits per heavy atom. The molecule has 0 bridgehead atoms. The Morgan fingerprint density at radius 1 is 1.32 bits per heavy atom. The fraction of sp³-hybridized carbons (Fsp3) is 0.500. The minimum Gasteiger partial charge on any atom is -0.497 e. The highest BCUT2D eigenvalue weighted by atomic mass is 32.1. The molecule has 0 aliphatic carbocycles. The van der Waals surface area contributed by atoms with Gasteiger partial charge in [0.25, 0.3) is 0 Å². The summed E-state index contributed by atoms with van der Waals surface area (Å²) in [6.07, 6.45) is 0. The lowest BCUT2D eigenvalue weighted by atomic mass is 10.2. The third-order valence-electron chi connectivity index (χ3n) is 3.01. The highest BCUT2D eigenvalue weighted by Gasteiger charge is 2.09. The van der Waals surface area contributed by atoms with Crippen LogP contribution in [0.1, 0.15) is 19.4 Å². The van der Waals surface area contributed by atoms with Gasteiger partial charge in [0.05, 0.1) is 12.7 Å². The first kappa shape index (κ1) is 15.7. The van der Waals surface area contributed by atoms with Gasteiger partial charge >= 0.3 is 0 Å². The topological polar surface area (TPSA) is 47.7 Å². The van der Waals surface area contributed by atoms with Crippen LogP contribution in [0.5, 0.6) is 11.5 Å². The van der Waals surface area contributed by atoms with Crippen molar-refractivity contribution < 1.29 is 9.47 Å². The Bertz CT molecular complexity index is 420. The second-order valence-electron chi connectivity index (χ2n) is 4.10. The summed E-state index contributed by atoms with van der Waals surface area (Å²) in [6.45, 7) is 7.77. The van der Waals surface area contributed by atoms with Crippen molar-refractivity contribution in [2.45, 2.75) is 13.8 Å². The molecule has 0 aromatic heterocycles. The second-order valence-corrected chi connectivity index (χ2v) is 4.54. The molecule has 0 saturated carbocycles. The molecule has 0 aliphatic rings. The van der Waals surface area contributed by atoms with Gasteiger partial charge in [0, 0.05) is 12.6 Å². The van der Waals surface area contributed by atoms with Crippen LogP contribution in [0, 0.1) is 0 Å². The largest absolute Gasteiger partial charge is 0.497 e. The molecule has 0 heterocycles. The molecular formula is C14H22N2O2S. The van der Waals surface area contributed by atoms with Crippen molar-refractivity contribution in [1.82, 2.24) is 4.90 Å². The van der Waals surface area contributed by atoms with Crippen molar-refractivity contribution in [3.8, 4) is 11.5 Å². The van der Waals surface area contributed by atoms with Crippen LogP contribution in [0.15, 0.2) is 18.2 Å². The maximum absolute atomic E-state index is 5.79. The Kier molecular flexibility index (Phi) is 6.59. The standard InChI is InChI=1S/C14H22N2O2S/c1-4-16(5-2)8-9-18-13-10-11(17-3)6-7-12(13)14(15)19/h6-7,10H,4-5,8-9H2,1-3H3,(H2,15,19). The molecule has 1 rings (SSSR count). The van der Waals surface area contributed by atoms with Gasteiger partial charge in [-0.05, 0) is 25.2 Å². The highest BCUT2D eigenvalue weighted by Crippen LogP contribution is 2.24. The summed E-state index contributed by atoms with van der Waals surface area (Å²) in [5.74, 6) is 1.41. The molecule has 0 saturated heterocycles. The van der Waals surface area contributed by atoms with E-state index < -0.39 is 0 Å². The first-order valence-electron chi connectivity index (χ1n) is 6.45. The number of methoxy groups -OCH3 is 1. The second kappa shape index (κ2) is 7.96. The number of likely N-dealkylation sites (N-methyl/N-ethyl adjacent to an activating group) is 1. The van der Waals surface area contributed by atoms with E-state index >= 15 is 0 Å². The number of nitrogens with zero attached hydrogens (tertiary/aromatic N) is 1. The van der Waals surface area contributed by atoms with Crippen LogP contribution in [0.3, 0.4) is 0 Å². The normalized spacial score (nSPS) is 10.5. The molecule has 0 spiro atoms. The van der Waals surface area contributed by atoms with Gasteiger partial charge in [0.15, 0.2) is 0 Å². The maximum Gasteiger partial charge on any atom is 0.133 e. The smallest absolute Gasteiger partial charge is 0.133 e. The van der Waals surface area contributed by atoms with E-state index in [1.807, 2.05) is 18.2 Å². The lowest BCUT2D eigenvalue weighted by Crippen LogP contribution is -2.28. The van der Waals surface area contributed by atoms with E-state index in [4.69, 9.17) is 27.4 Å². The molecule has 0 amide bonds. The molecule has 2 N–H and O–H groups in total. The van der Waals surface area contributed by atoms with Crippen molar-refractivity contribution in [1.29, 1.82) is 0 Å². The lowest BCUT2D eigenvalue weighted by molar-refractivity contribution is 0.222. The van der Waals surface area contributed by atoms with Crippen LogP contribution in [0.2, 0.25) is 0 Å². The van der Waals surface area contributed by atoms with Crippen molar-refractivity contribution in [2.75, 3.05) is 33.4 Å². The van der Waals surface area contributed by atoms with E-state index in [1.54, 1.807) is 7.11 Å². The molecule has 1 aromatic carbocycles. The van der Waals surface area contributed by atoms with Gasteiger partial charge in [0.1, 0.15) is 23.1 Å². The Hall–Kier alpha value is -1.33. The van der Waals surface area contributed by atoms with E-state index in [9.17, 15) is 0 Å². The minimum atomic E-state index is 0.334. The molecule has 4 nitrogen and oxygen atoms in total. The summed E-state index contributed by atoms with van der Waals surface area (Å²) in [5, 5.41) is 0. The van der Waals surface area contributed by atoms with E-state index in [0.717, 1.165) is 30.9 Å². The highest BCUT2D eigenvalue weighted by molar-refractivity contribution is 7.80. The van der Waals surface area contributed by atoms with Crippen LogP contribution in [0.4, 0.5) is 0 Å². The fourth-order valence-corrected chi connectivity index (χ4v) is 1.95. The van der Waals surface area contributed by atoms with E-state index in [2.05, 4.69) is 18.7 Å². The summed E-state index contributed by atoms with van der Waals surface area (Å²) in [4.78, 5) is 2.63. The van der Waals surface area contributed by atoms with Gasteiger partial charge in [-0.25, -0.2) is 0 Å². The zero-order valence-electron chi connectivity index (χ0n) is 11.8. The van der Waals surface area contributed by atoms with Gasteiger partial charge < -0.3 is 20.1 Å². The van der Waals surface area contributed by atoms with Crippen molar-refractivity contribution in [2.24, 2.45) is 5.73 Å². The van der Waals surface area contributed by atoms with Gasteiger partial charge in [-0.15, -0.1) is 0 Å². The first-order valence-corrected chi connectivity index (χ1v) is 6.86. The summed E-state index contributed by atoms with van der Waals surface area (Å²) in [7, 11) is 1.62. The predicted octanol–water partition coefficient (Wildman–Crippen LogP) is 2.05. The summed E-state index contributed by atoms with van der Waals surface area (Å²) < 4.78 is 11.0.